The summed E-state index contributed by atoms with van der Waals surface area (Å²) in [6.07, 6.45) is 2.44. The molecule has 4 rings (SSSR count). The zero-order valence-electron chi connectivity index (χ0n) is 10.3. The largest absolute Gasteiger partial charge is 0.348 e. The summed E-state index contributed by atoms with van der Waals surface area (Å²) >= 11 is 4.27. The fraction of sp³-hybridized carbons (Fsp3) is 0.500. The maximum Gasteiger partial charge on any atom is 0.251 e. The molecule has 0 aromatic heterocycles. The number of hydrogen-bond donors (Lipinski definition) is 2. The highest BCUT2D eigenvalue weighted by atomic mass is 32.1. The van der Waals surface area contributed by atoms with Gasteiger partial charge in [-0.25, -0.2) is 0 Å². The Hall–Kier alpha value is -1.00. The molecule has 18 heavy (non-hydrogen) atoms. The number of amides is 1. The lowest BCUT2D eigenvalue weighted by Gasteiger charge is -2.44. The van der Waals surface area contributed by atoms with Gasteiger partial charge in [0.05, 0.1) is 0 Å². The van der Waals surface area contributed by atoms with E-state index in [1.165, 1.54) is 25.9 Å². The number of thiol groups is 1. The summed E-state index contributed by atoms with van der Waals surface area (Å²) in [6.45, 7) is 3.41. The first-order valence-corrected chi connectivity index (χ1v) is 6.99. The fourth-order valence-corrected chi connectivity index (χ4v) is 3.25. The van der Waals surface area contributed by atoms with E-state index in [4.69, 9.17) is 0 Å². The van der Waals surface area contributed by atoms with Gasteiger partial charge in [-0.05, 0) is 50.0 Å². The summed E-state index contributed by atoms with van der Waals surface area (Å²) in [5.74, 6) is 0.697. The molecule has 0 saturated carbocycles. The van der Waals surface area contributed by atoms with Crippen molar-refractivity contribution in [3.05, 3.63) is 29.8 Å². The van der Waals surface area contributed by atoms with Gasteiger partial charge < -0.3 is 10.2 Å². The molecule has 96 valence electrons. The van der Waals surface area contributed by atoms with Gasteiger partial charge in [-0.15, -0.1) is 12.6 Å². The maximum atomic E-state index is 12.2. The molecule has 2 bridgehead atoms. The Bertz CT molecular complexity index is 455. The van der Waals surface area contributed by atoms with E-state index in [0.29, 0.717) is 17.5 Å². The zero-order valence-corrected chi connectivity index (χ0v) is 11.2. The molecule has 1 aromatic carbocycles. The molecular weight excluding hydrogens is 244 g/mol. The summed E-state index contributed by atoms with van der Waals surface area (Å²) < 4.78 is 0. The standard InChI is InChI=1S/C14H18N2OS/c17-14(11-2-1-3-12(18)8-11)15-13-9-16-6-4-10(13)5-7-16/h1-3,8,10,13,18H,4-7,9H2,(H,15,17). The van der Waals surface area contributed by atoms with E-state index < -0.39 is 0 Å². The Morgan fingerprint density at radius 1 is 1.33 bits per heavy atom. The lowest BCUT2D eigenvalue weighted by molar-refractivity contribution is 0.0620. The summed E-state index contributed by atoms with van der Waals surface area (Å²) in [6, 6.07) is 7.74. The van der Waals surface area contributed by atoms with Crippen LogP contribution in [0.4, 0.5) is 0 Å². The minimum Gasteiger partial charge on any atom is -0.348 e. The van der Waals surface area contributed by atoms with Gasteiger partial charge >= 0.3 is 0 Å². The van der Waals surface area contributed by atoms with Gasteiger partial charge in [-0.1, -0.05) is 6.07 Å². The predicted molar refractivity (Wildman–Crippen MR) is 74.1 cm³/mol. The van der Waals surface area contributed by atoms with Crippen molar-refractivity contribution in [1.82, 2.24) is 10.2 Å². The fourth-order valence-electron chi connectivity index (χ4n) is 3.03. The molecule has 1 aromatic rings. The van der Waals surface area contributed by atoms with Gasteiger partial charge in [0, 0.05) is 23.0 Å². The monoisotopic (exact) mass is 262 g/mol. The van der Waals surface area contributed by atoms with Gasteiger partial charge in [-0.2, -0.15) is 0 Å². The molecule has 1 amide bonds. The van der Waals surface area contributed by atoms with Gasteiger partial charge in [-0.3, -0.25) is 4.79 Å². The molecule has 1 unspecified atom stereocenters. The van der Waals surface area contributed by atoms with Crippen LogP contribution in [-0.4, -0.2) is 36.5 Å². The smallest absolute Gasteiger partial charge is 0.251 e. The number of piperidine rings is 3. The molecule has 3 aliphatic heterocycles. The molecule has 3 heterocycles. The van der Waals surface area contributed by atoms with E-state index in [1.54, 1.807) is 0 Å². The van der Waals surface area contributed by atoms with E-state index in [-0.39, 0.29) is 5.91 Å². The number of rotatable bonds is 2. The zero-order chi connectivity index (χ0) is 12.5. The quantitative estimate of drug-likeness (QED) is 0.797. The number of nitrogens with one attached hydrogen (secondary N) is 1. The number of carbonyl (C=O) groups is 1. The van der Waals surface area contributed by atoms with Crippen molar-refractivity contribution < 1.29 is 4.79 Å². The molecule has 3 nitrogen and oxygen atoms in total. The highest BCUT2D eigenvalue weighted by molar-refractivity contribution is 7.80. The number of benzene rings is 1. The van der Waals surface area contributed by atoms with Crippen molar-refractivity contribution in [2.75, 3.05) is 19.6 Å². The van der Waals surface area contributed by atoms with Crippen molar-refractivity contribution in [2.24, 2.45) is 5.92 Å². The molecule has 1 atom stereocenters. The Labute approximate surface area is 113 Å². The molecule has 0 aliphatic carbocycles. The average molecular weight is 262 g/mol. The van der Waals surface area contributed by atoms with E-state index >= 15 is 0 Å². The van der Waals surface area contributed by atoms with Crippen molar-refractivity contribution in [2.45, 2.75) is 23.8 Å². The van der Waals surface area contributed by atoms with Crippen LogP contribution in [0.25, 0.3) is 0 Å². The molecule has 4 heteroatoms. The van der Waals surface area contributed by atoms with E-state index in [2.05, 4.69) is 22.8 Å². The number of carbonyl (C=O) groups excluding carboxylic acids is 1. The van der Waals surface area contributed by atoms with Crippen molar-refractivity contribution in [3.8, 4) is 0 Å². The molecule has 0 radical (unpaired) electrons. The van der Waals surface area contributed by atoms with Gasteiger partial charge in [0.25, 0.3) is 5.91 Å². The minimum atomic E-state index is 0.0321. The van der Waals surface area contributed by atoms with Crippen LogP contribution in [0.2, 0.25) is 0 Å². The van der Waals surface area contributed by atoms with Crippen LogP contribution >= 0.6 is 12.6 Å². The number of fused-ring (bicyclic) bond motifs is 3. The van der Waals surface area contributed by atoms with Gasteiger partial charge in [0.2, 0.25) is 0 Å². The summed E-state index contributed by atoms with van der Waals surface area (Å²) in [7, 11) is 0. The van der Waals surface area contributed by atoms with Crippen molar-refractivity contribution in [1.29, 1.82) is 0 Å². The van der Waals surface area contributed by atoms with Gasteiger partial charge in [0.15, 0.2) is 0 Å². The molecule has 0 spiro atoms. The van der Waals surface area contributed by atoms with Crippen LogP contribution in [0.5, 0.6) is 0 Å². The molecule has 3 fully saturated rings. The maximum absolute atomic E-state index is 12.2. The summed E-state index contributed by atoms with van der Waals surface area (Å²) in [5.41, 5.74) is 0.707. The topological polar surface area (TPSA) is 32.3 Å². The molecule has 3 aliphatic rings. The highest BCUT2D eigenvalue weighted by Crippen LogP contribution is 2.27. The Morgan fingerprint density at radius 3 is 2.72 bits per heavy atom. The first-order valence-electron chi connectivity index (χ1n) is 6.54. The normalized spacial score (nSPS) is 30.2. The Balaban J connectivity index is 1.68. The van der Waals surface area contributed by atoms with E-state index in [9.17, 15) is 4.79 Å². The first kappa shape index (κ1) is 12.1. The van der Waals surface area contributed by atoms with Crippen LogP contribution in [0.15, 0.2) is 29.2 Å². The number of hydrogen-bond acceptors (Lipinski definition) is 3. The molecule has 3 saturated heterocycles. The lowest BCUT2D eigenvalue weighted by atomic mass is 9.84. The van der Waals surface area contributed by atoms with Crippen molar-refractivity contribution in [3.63, 3.8) is 0 Å². The number of nitrogens with zero attached hydrogens (tertiary/aromatic N) is 1. The van der Waals surface area contributed by atoms with Crippen LogP contribution in [0, 0.1) is 5.92 Å². The van der Waals surface area contributed by atoms with Crippen LogP contribution < -0.4 is 5.32 Å². The molecule has 1 N–H and O–H groups in total. The second-order valence-corrected chi connectivity index (χ2v) is 5.78. The second-order valence-electron chi connectivity index (χ2n) is 5.27. The Kier molecular flexibility index (Phi) is 3.31. The summed E-state index contributed by atoms with van der Waals surface area (Å²) in [5, 5.41) is 3.18. The second kappa shape index (κ2) is 4.94. The third-order valence-corrected chi connectivity index (χ3v) is 4.36. The lowest BCUT2D eigenvalue weighted by Crippen LogP contribution is -2.57. The highest BCUT2D eigenvalue weighted by Gasteiger charge is 2.34. The average Bonchev–Trinajstić information content (AvgIpc) is 2.40. The SMILES string of the molecule is O=C(NC1CN2CCC1CC2)c1cccc(S)c1. The summed E-state index contributed by atoms with van der Waals surface area (Å²) in [4.78, 5) is 15.5. The van der Waals surface area contributed by atoms with E-state index in [0.717, 1.165) is 11.4 Å². The predicted octanol–water partition coefficient (Wildman–Crippen LogP) is 1.80. The van der Waals surface area contributed by atoms with Crippen LogP contribution in [0.3, 0.4) is 0 Å². The molecular formula is C14H18N2OS. The Morgan fingerprint density at radius 2 is 2.11 bits per heavy atom. The van der Waals surface area contributed by atoms with Crippen LogP contribution in [-0.2, 0) is 0 Å². The van der Waals surface area contributed by atoms with Crippen LogP contribution in [0.1, 0.15) is 23.2 Å². The first-order chi connectivity index (χ1) is 8.72. The third-order valence-electron chi connectivity index (χ3n) is 4.08. The minimum absolute atomic E-state index is 0.0321. The third kappa shape index (κ3) is 2.40. The van der Waals surface area contributed by atoms with Crippen molar-refractivity contribution >= 4 is 18.5 Å². The van der Waals surface area contributed by atoms with E-state index in [1.807, 2.05) is 24.3 Å². The van der Waals surface area contributed by atoms with Gasteiger partial charge in [0.1, 0.15) is 0 Å².